The van der Waals surface area contributed by atoms with Crippen molar-refractivity contribution in [1.82, 2.24) is 5.32 Å². The van der Waals surface area contributed by atoms with Crippen LogP contribution in [0.15, 0.2) is 28.7 Å². The molecular formula is C16H26BrNS. The molecule has 0 saturated heterocycles. The Labute approximate surface area is 131 Å². The molecule has 1 N–H and O–H groups in total. The van der Waals surface area contributed by atoms with E-state index in [-0.39, 0.29) is 0 Å². The van der Waals surface area contributed by atoms with E-state index < -0.39 is 0 Å². The standard InChI is InChI=1S/C16H26BrNS/c1-4-10-18-16(12-19-13(3)5-2)11-14-6-8-15(17)9-7-14/h6-9,13,16,18H,4-5,10-12H2,1-3H3. The fourth-order valence-corrected chi connectivity index (χ4v) is 3.14. The van der Waals surface area contributed by atoms with Crippen molar-refractivity contribution in [2.45, 2.75) is 51.3 Å². The molecule has 0 heterocycles. The Kier molecular flexibility index (Phi) is 8.84. The molecule has 0 radical (unpaired) electrons. The molecule has 1 nitrogen and oxygen atoms in total. The summed E-state index contributed by atoms with van der Waals surface area (Å²) in [7, 11) is 0. The van der Waals surface area contributed by atoms with Crippen LogP contribution in [0.1, 0.15) is 39.2 Å². The molecule has 0 aliphatic heterocycles. The lowest BCUT2D eigenvalue weighted by Gasteiger charge is -2.20. The molecule has 19 heavy (non-hydrogen) atoms. The largest absolute Gasteiger partial charge is 0.313 e. The molecule has 0 aliphatic carbocycles. The van der Waals surface area contributed by atoms with E-state index in [4.69, 9.17) is 0 Å². The maximum absolute atomic E-state index is 3.68. The summed E-state index contributed by atoms with van der Waals surface area (Å²) in [6, 6.07) is 9.29. The van der Waals surface area contributed by atoms with Crippen molar-refractivity contribution in [2.24, 2.45) is 0 Å². The summed E-state index contributed by atoms with van der Waals surface area (Å²) in [5.74, 6) is 1.20. The topological polar surface area (TPSA) is 12.0 Å². The van der Waals surface area contributed by atoms with Crippen LogP contribution in [-0.2, 0) is 6.42 Å². The van der Waals surface area contributed by atoms with Crippen LogP contribution in [0.3, 0.4) is 0 Å². The summed E-state index contributed by atoms with van der Waals surface area (Å²) in [6.45, 7) is 7.93. The van der Waals surface area contributed by atoms with Crippen LogP contribution in [0.4, 0.5) is 0 Å². The minimum absolute atomic E-state index is 0.583. The lowest BCUT2D eigenvalue weighted by Crippen LogP contribution is -2.34. The highest BCUT2D eigenvalue weighted by atomic mass is 79.9. The maximum atomic E-state index is 3.68. The third-order valence-corrected chi connectivity index (χ3v) is 5.26. The molecular weight excluding hydrogens is 318 g/mol. The fourth-order valence-electron chi connectivity index (χ4n) is 1.84. The Morgan fingerprint density at radius 1 is 1.21 bits per heavy atom. The Balaban J connectivity index is 2.50. The van der Waals surface area contributed by atoms with Gasteiger partial charge >= 0.3 is 0 Å². The molecule has 2 atom stereocenters. The van der Waals surface area contributed by atoms with Gasteiger partial charge in [0.05, 0.1) is 0 Å². The van der Waals surface area contributed by atoms with Crippen molar-refractivity contribution in [3.63, 3.8) is 0 Å². The second-order valence-electron chi connectivity index (χ2n) is 5.03. The summed E-state index contributed by atoms with van der Waals surface area (Å²) in [6.07, 6.45) is 3.57. The van der Waals surface area contributed by atoms with E-state index in [1.807, 2.05) is 0 Å². The average Bonchev–Trinajstić information content (AvgIpc) is 2.43. The Hall–Kier alpha value is 0.01000. The average molecular weight is 344 g/mol. The summed E-state index contributed by atoms with van der Waals surface area (Å²) in [5, 5.41) is 4.44. The van der Waals surface area contributed by atoms with Gasteiger partial charge < -0.3 is 5.32 Å². The second-order valence-corrected chi connectivity index (χ2v) is 7.42. The first-order valence-corrected chi connectivity index (χ1v) is 9.09. The third-order valence-electron chi connectivity index (χ3n) is 3.24. The van der Waals surface area contributed by atoms with Gasteiger partial charge in [0.25, 0.3) is 0 Å². The van der Waals surface area contributed by atoms with E-state index in [0.29, 0.717) is 6.04 Å². The summed E-state index contributed by atoms with van der Waals surface area (Å²) in [5.41, 5.74) is 1.42. The molecule has 2 unspecified atom stereocenters. The first-order valence-electron chi connectivity index (χ1n) is 7.25. The van der Waals surface area contributed by atoms with Crippen molar-refractivity contribution in [3.05, 3.63) is 34.3 Å². The Morgan fingerprint density at radius 3 is 2.47 bits per heavy atom. The van der Waals surface area contributed by atoms with Crippen molar-refractivity contribution in [3.8, 4) is 0 Å². The number of thioether (sulfide) groups is 1. The van der Waals surface area contributed by atoms with Gasteiger partial charge in [0.15, 0.2) is 0 Å². The highest BCUT2D eigenvalue weighted by molar-refractivity contribution is 9.10. The van der Waals surface area contributed by atoms with Crippen LogP contribution in [0.5, 0.6) is 0 Å². The van der Waals surface area contributed by atoms with Gasteiger partial charge in [0.2, 0.25) is 0 Å². The van der Waals surface area contributed by atoms with E-state index in [2.05, 4.69) is 78.0 Å². The highest BCUT2D eigenvalue weighted by Gasteiger charge is 2.11. The molecule has 0 spiro atoms. The first kappa shape index (κ1) is 17.1. The smallest absolute Gasteiger partial charge is 0.0198 e. The number of rotatable bonds is 9. The summed E-state index contributed by atoms with van der Waals surface area (Å²) in [4.78, 5) is 0. The van der Waals surface area contributed by atoms with Crippen LogP contribution < -0.4 is 5.32 Å². The highest BCUT2D eigenvalue weighted by Crippen LogP contribution is 2.17. The molecule has 108 valence electrons. The predicted octanol–water partition coefficient (Wildman–Crippen LogP) is 4.89. The van der Waals surface area contributed by atoms with Gasteiger partial charge in [-0.15, -0.1) is 0 Å². The van der Waals surface area contributed by atoms with Gasteiger partial charge in [-0.25, -0.2) is 0 Å². The van der Waals surface area contributed by atoms with Crippen LogP contribution in [-0.4, -0.2) is 23.6 Å². The van der Waals surface area contributed by atoms with Crippen LogP contribution in [0, 0.1) is 0 Å². The number of benzene rings is 1. The lowest BCUT2D eigenvalue weighted by molar-refractivity contribution is 0.549. The van der Waals surface area contributed by atoms with Crippen LogP contribution in [0.25, 0.3) is 0 Å². The molecule has 1 aromatic carbocycles. The molecule has 0 aromatic heterocycles. The van der Waals surface area contributed by atoms with Gasteiger partial charge in [0, 0.05) is 21.5 Å². The predicted molar refractivity (Wildman–Crippen MR) is 92.1 cm³/mol. The Bertz CT molecular complexity index is 339. The van der Waals surface area contributed by atoms with E-state index in [1.165, 1.54) is 24.2 Å². The number of hydrogen-bond donors (Lipinski definition) is 1. The third kappa shape index (κ3) is 7.38. The zero-order chi connectivity index (χ0) is 14.1. The fraction of sp³-hybridized carbons (Fsp3) is 0.625. The second kappa shape index (κ2) is 9.84. The first-order chi connectivity index (χ1) is 9.15. The number of nitrogens with one attached hydrogen (secondary N) is 1. The van der Waals surface area contributed by atoms with Crippen LogP contribution >= 0.6 is 27.7 Å². The minimum Gasteiger partial charge on any atom is -0.313 e. The molecule has 0 fully saturated rings. The molecule has 1 rings (SSSR count). The maximum Gasteiger partial charge on any atom is 0.0198 e. The minimum atomic E-state index is 0.583. The van der Waals surface area contributed by atoms with Gasteiger partial charge in [-0.1, -0.05) is 48.8 Å². The van der Waals surface area contributed by atoms with E-state index >= 15 is 0 Å². The normalized spacial score (nSPS) is 14.3. The van der Waals surface area contributed by atoms with Crippen molar-refractivity contribution in [1.29, 1.82) is 0 Å². The molecule has 0 saturated carbocycles. The molecule has 3 heteroatoms. The monoisotopic (exact) mass is 343 g/mol. The number of hydrogen-bond acceptors (Lipinski definition) is 2. The van der Waals surface area contributed by atoms with Crippen molar-refractivity contribution < 1.29 is 0 Å². The van der Waals surface area contributed by atoms with Gasteiger partial charge in [-0.05, 0) is 43.5 Å². The van der Waals surface area contributed by atoms with E-state index in [9.17, 15) is 0 Å². The van der Waals surface area contributed by atoms with Gasteiger partial charge in [-0.3, -0.25) is 0 Å². The van der Waals surface area contributed by atoms with E-state index in [0.717, 1.165) is 22.7 Å². The number of halogens is 1. The van der Waals surface area contributed by atoms with Gasteiger partial charge in [0.1, 0.15) is 0 Å². The zero-order valence-electron chi connectivity index (χ0n) is 12.3. The molecule has 1 aromatic rings. The summed E-state index contributed by atoms with van der Waals surface area (Å²) < 4.78 is 1.16. The van der Waals surface area contributed by atoms with Crippen LogP contribution in [0.2, 0.25) is 0 Å². The molecule has 0 aliphatic rings. The quantitative estimate of drug-likeness (QED) is 0.684. The van der Waals surface area contributed by atoms with Gasteiger partial charge in [-0.2, -0.15) is 11.8 Å². The summed E-state index contributed by atoms with van der Waals surface area (Å²) >= 11 is 5.58. The lowest BCUT2D eigenvalue weighted by atomic mass is 10.1. The molecule has 0 amide bonds. The van der Waals surface area contributed by atoms with Crippen molar-refractivity contribution in [2.75, 3.05) is 12.3 Å². The van der Waals surface area contributed by atoms with E-state index in [1.54, 1.807) is 0 Å². The zero-order valence-corrected chi connectivity index (χ0v) is 14.7. The van der Waals surface area contributed by atoms with Crippen molar-refractivity contribution >= 4 is 27.7 Å². The molecule has 0 bridgehead atoms. The SMILES string of the molecule is CCCNC(CSC(C)CC)Cc1ccc(Br)cc1. The Morgan fingerprint density at radius 2 is 1.89 bits per heavy atom.